The molecule has 6 heteroatoms. The molecule has 0 bridgehead atoms. The van der Waals surface area contributed by atoms with Crippen molar-refractivity contribution in [2.75, 3.05) is 32.7 Å². The van der Waals surface area contributed by atoms with E-state index in [4.69, 9.17) is 10.5 Å². The Labute approximate surface area is 159 Å². The van der Waals surface area contributed by atoms with Crippen LogP contribution in [0.2, 0.25) is 0 Å². The van der Waals surface area contributed by atoms with Crippen LogP contribution in [0.25, 0.3) is 0 Å². The summed E-state index contributed by atoms with van der Waals surface area (Å²) >= 11 is -0.865. The van der Waals surface area contributed by atoms with Gasteiger partial charge in [-0.15, -0.1) is 0 Å². The van der Waals surface area contributed by atoms with Crippen molar-refractivity contribution in [2.45, 2.75) is 77.9 Å². The molecule has 0 radical (unpaired) electrons. The van der Waals surface area contributed by atoms with Crippen LogP contribution in [0.1, 0.15) is 66.7 Å². The number of nitrogens with zero attached hydrogens (tertiary/aromatic N) is 2. The fourth-order valence-corrected chi connectivity index (χ4v) is 5.90. The number of hydrogen-bond acceptors (Lipinski definition) is 5. The molecule has 0 spiro atoms. The molecule has 0 aromatic carbocycles. The number of rotatable bonds is 4. The number of ether oxygens (including phenoxy) is 1. The molecular formula is C18H38IN3O2. The van der Waals surface area contributed by atoms with Crippen LogP contribution in [-0.4, -0.2) is 55.9 Å². The first kappa shape index (κ1) is 22.1. The fraction of sp³-hybridized carbons (Fsp3) is 0.944. The Hall–Kier alpha value is 0.0800. The van der Waals surface area contributed by atoms with Crippen molar-refractivity contribution in [2.24, 2.45) is 5.73 Å². The Bertz CT molecular complexity index is 371. The fourth-order valence-electron chi connectivity index (χ4n) is 3.49. The summed E-state index contributed by atoms with van der Waals surface area (Å²) in [6.07, 6.45) is 6.46. The predicted octanol–water partition coefficient (Wildman–Crippen LogP) is 3.84. The second-order valence-corrected chi connectivity index (χ2v) is 10.4. The van der Waals surface area contributed by atoms with E-state index in [2.05, 4.69) is 8.01 Å². The number of carbonyl (C=O) groups is 1. The van der Waals surface area contributed by atoms with Gasteiger partial charge in [0.25, 0.3) is 0 Å². The topological polar surface area (TPSA) is 58.8 Å². The van der Waals surface area contributed by atoms with Gasteiger partial charge in [0.15, 0.2) is 0 Å². The molecule has 2 N–H and O–H groups in total. The molecule has 0 atom stereocenters. The SMILES string of the molecule is CC.CC(C)(C)OC(=O)[IH]N1CCN(C2(CN)CCCCC2)CC1. The molecule has 24 heavy (non-hydrogen) atoms. The van der Waals surface area contributed by atoms with Crippen molar-refractivity contribution in [3.8, 4) is 0 Å². The molecule has 1 saturated carbocycles. The van der Waals surface area contributed by atoms with Gasteiger partial charge < -0.3 is 0 Å². The van der Waals surface area contributed by atoms with Crippen LogP contribution < -0.4 is 5.73 Å². The molecular weight excluding hydrogens is 417 g/mol. The maximum absolute atomic E-state index is 12.0. The Balaban J connectivity index is 0.00000139. The molecule has 2 fully saturated rings. The van der Waals surface area contributed by atoms with E-state index in [1.165, 1.54) is 32.1 Å². The number of piperazine rings is 1. The van der Waals surface area contributed by atoms with E-state index in [-0.39, 0.29) is 15.1 Å². The van der Waals surface area contributed by atoms with E-state index in [0.717, 1.165) is 32.7 Å². The third-order valence-corrected chi connectivity index (χ3v) is 7.11. The normalized spacial score (nSPS) is 22.6. The van der Waals surface area contributed by atoms with Gasteiger partial charge in [0.2, 0.25) is 0 Å². The standard InChI is InChI=1S/C16H32IN3O2.C2H6/c1-15(2,3)22-14(21)17-20-11-9-19(10-12-20)16(13-18)7-5-4-6-8-16;1-2/h17H,4-13,18H2,1-3H3;1-2H3. The summed E-state index contributed by atoms with van der Waals surface area (Å²) in [6.45, 7) is 14.6. The Morgan fingerprint density at radius 1 is 1.08 bits per heavy atom. The van der Waals surface area contributed by atoms with Gasteiger partial charge in [-0.2, -0.15) is 0 Å². The van der Waals surface area contributed by atoms with Gasteiger partial charge in [-0.05, 0) is 0 Å². The summed E-state index contributed by atoms with van der Waals surface area (Å²) in [4.78, 5) is 14.6. The Morgan fingerprint density at radius 3 is 2.08 bits per heavy atom. The van der Waals surface area contributed by atoms with Crippen LogP contribution in [0.4, 0.5) is 4.79 Å². The summed E-state index contributed by atoms with van der Waals surface area (Å²) in [7, 11) is 0. The number of halogens is 1. The summed E-state index contributed by atoms with van der Waals surface area (Å²) < 4.78 is 7.82. The van der Waals surface area contributed by atoms with E-state index in [0.29, 0.717) is 0 Å². The quantitative estimate of drug-likeness (QED) is 0.397. The van der Waals surface area contributed by atoms with E-state index in [9.17, 15) is 4.79 Å². The number of nitrogens with two attached hydrogens (primary N) is 1. The van der Waals surface area contributed by atoms with Crippen LogP contribution in [0.3, 0.4) is 0 Å². The molecule has 0 amide bonds. The third-order valence-electron chi connectivity index (χ3n) is 4.67. The van der Waals surface area contributed by atoms with Crippen LogP contribution in [0.15, 0.2) is 0 Å². The van der Waals surface area contributed by atoms with E-state index in [1.807, 2.05) is 34.6 Å². The molecule has 0 unspecified atom stereocenters. The zero-order valence-corrected chi connectivity index (χ0v) is 18.6. The van der Waals surface area contributed by atoms with Crippen LogP contribution in [0.5, 0.6) is 0 Å². The molecule has 0 aromatic rings. The number of hydrogen-bond donors (Lipinski definition) is 1. The van der Waals surface area contributed by atoms with Gasteiger partial charge in [0, 0.05) is 0 Å². The number of carbonyl (C=O) groups excluding carboxylic acids is 1. The molecule has 1 aliphatic carbocycles. The zero-order valence-electron chi connectivity index (χ0n) is 16.3. The first-order valence-corrected chi connectivity index (χ1v) is 11.7. The van der Waals surface area contributed by atoms with E-state index in [1.54, 1.807) is 0 Å². The Kier molecular flexibility index (Phi) is 9.48. The van der Waals surface area contributed by atoms with Crippen LogP contribution in [0, 0.1) is 0 Å². The van der Waals surface area contributed by atoms with E-state index < -0.39 is 21.5 Å². The minimum atomic E-state index is -0.865. The maximum atomic E-state index is 12.0. The third kappa shape index (κ3) is 6.77. The predicted molar refractivity (Wildman–Crippen MR) is 111 cm³/mol. The zero-order chi connectivity index (χ0) is 18.2. The average Bonchev–Trinajstić information content (AvgIpc) is 2.56. The second-order valence-electron chi connectivity index (χ2n) is 7.46. The first-order valence-electron chi connectivity index (χ1n) is 9.46. The molecule has 2 aliphatic rings. The van der Waals surface area contributed by atoms with Crippen LogP contribution in [-0.2, 0) is 4.74 Å². The van der Waals surface area contributed by atoms with Gasteiger partial charge in [-0.25, -0.2) is 0 Å². The summed E-state index contributed by atoms with van der Waals surface area (Å²) in [5.41, 5.74) is 6.00. The van der Waals surface area contributed by atoms with Gasteiger partial charge in [0.1, 0.15) is 0 Å². The van der Waals surface area contributed by atoms with E-state index >= 15 is 0 Å². The molecule has 144 valence electrons. The van der Waals surface area contributed by atoms with Gasteiger partial charge >= 0.3 is 145 Å². The van der Waals surface area contributed by atoms with Crippen molar-refractivity contribution in [3.05, 3.63) is 0 Å². The van der Waals surface area contributed by atoms with Crippen molar-refractivity contribution < 1.29 is 9.53 Å². The average molecular weight is 455 g/mol. The molecule has 5 nitrogen and oxygen atoms in total. The van der Waals surface area contributed by atoms with Crippen molar-refractivity contribution in [3.63, 3.8) is 0 Å². The second kappa shape index (κ2) is 10.3. The van der Waals surface area contributed by atoms with Crippen molar-refractivity contribution in [1.82, 2.24) is 8.01 Å². The summed E-state index contributed by atoms with van der Waals surface area (Å²) in [5.74, 6) is 0. The van der Waals surface area contributed by atoms with Crippen molar-refractivity contribution >= 4 is 25.5 Å². The van der Waals surface area contributed by atoms with Crippen LogP contribution >= 0.6 is 21.5 Å². The molecule has 2 rings (SSSR count). The summed E-state index contributed by atoms with van der Waals surface area (Å²) in [5, 5.41) is 0. The molecule has 1 saturated heterocycles. The van der Waals surface area contributed by atoms with Gasteiger partial charge in [-0.1, -0.05) is 13.8 Å². The molecule has 1 aliphatic heterocycles. The van der Waals surface area contributed by atoms with Gasteiger partial charge in [-0.3, -0.25) is 0 Å². The summed E-state index contributed by atoms with van der Waals surface area (Å²) in [6, 6.07) is 0. The van der Waals surface area contributed by atoms with Crippen molar-refractivity contribution in [1.29, 1.82) is 0 Å². The monoisotopic (exact) mass is 455 g/mol. The minimum absolute atomic E-state index is 0.0116. The first-order chi connectivity index (χ1) is 11.3. The van der Waals surface area contributed by atoms with Gasteiger partial charge in [0.05, 0.1) is 0 Å². The molecule has 1 heterocycles. The molecule has 0 aromatic heterocycles. The Morgan fingerprint density at radius 2 is 1.62 bits per heavy atom.